The average molecular weight is 221 g/mol. The van der Waals surface area contributed by atoms with Crippen LogP contribution in [0.1, 0.15) is 31.1 Å². The van der Waals surface area contributed by atoms with Crippen molar-refractivity contribution < 1.29 is 0 Å². The zero-order valence-electron chi connectivity index (χ0n) is 9.28. The van der Waals surface area contributed by atoms with Crippen molar-refractivity contribution in [1.82, 2.24) is 5.32 Å². The summed E-state index contributed by atoms with van der Waals surface area (Å²) in [5.41, 5.74) is 0. The first kappa shape index (κ1) is 10.9. The molecule has 0 aliphatic heterocycles. The summed E-state index contributed by atoms with van der Waals surface area (Å²) in [6.07, 6.45) is 9.50. The molecule has 2 unspecified atom stereocenters. The lowest BCUT2D eigenvalue weighted by Gasteiger charge is -2.23. The third kappa shape index (κ3) is 3.47. The minimum Gasteiger partial charge on any atom is -0.311 e. The topological polar surface area (TPSA) is 12.0 Å². The first-order chi connectivity index (χ1) is 7.34. The second kappa shape index (κ2) is 5.47. The summed E-state index contributed by atoms with van der Waals surface area (Å²) in [5.74, 6) is 0. The van der Waals surface area contributed by atoms with Crippen molar-refractivity contribution in [2.45, 2.75) is 44.7 Å². The van der Waals surface area contributed by atoms with E-state index in [1.807, 2.05) is 11.3 Å². The van der Waals surface area contributed by atoms with Crippen molar-refractivity contribution in [3.63, 3.8) is 0 Å². The molecule has 1 aliphatic rings. The van der Waals surface area contributed by atoms with E-state index in [0.717, 1.165) is 6.42 Å². The predicted octanol–water partition coefficient (Wildman–Crippen LogP) is 3.38. The van der Waals surface area contributed by atoms with Gasteiger partial charge in [-0.05, 0) is 44.1 Å². The Balaban J connectivity index is 1.76. The molecule has 1 heterocycles. The maximum absolute atomic E-state index is 3.71. The Hall–Kier alpha value is -0.600. The van der Waals surface area contributed by atoms with Gasteiger partial charge in [0.15, 0.2) is 0 Å². The Kier molecular flexibility index (Phi) is 3.98. The molecule has 0 saturated heterocycles. The SMILES string of the molecule is CC(Cc1cccs1)NC1CC=CCC1. The van der Waals surface area contributed by atoms with E-state index in [1.165, 1.54) is 24.1 Å². The van der Waals surface area contributed by atoms with Crippen molar-refractivity contribution in [3.8, 4) is 0 Å². The third-order valence-corrected chi connectivity index (χ3v) is 3.78. The predicted molar refractivity (Wildman–Crippen MR) is 67.4 cm³/mol. The van der Waals surface area contributed by atoms with Crippen molar-refractivity contribution in [2.24, 2.45) is 0 Å². The summed E-state index contributed by atoms with van der Waals surface area (Å²) >= 11 is 1.86. The molecule has 0 bridgehead atoms. The molecule has 1 N–H and O–H groups in total. The van der Waals surface area contributed by atoms with E-state index in [2.05, 4.69) is 41.9 Å². The number of rotatable bonds is 4. The molecule has 2 atom stereocenters. The Morgan fingerprint density at radius 3 is 3.13 bits per heavy atom. The van der Waals surface area contributed by atoms with Gasteiger partial charge in [0, 0.05) is 17.0 Å². The highest BCUT2D eigenvalue weighted by atomic mass is 32.1. The molecule has 0 radical (unpaired) electrons. The highest BCUT2D eigenvalue weighted by molar-refractivity contribution is 7.09. The van der Waals surface area contributed by atoms with E-state index >= 15 is 0 Å². The van der Waals surface area contributed by atoms with E-state index in [9.17, 15) is 0 Å². The maximum Gasteiger partial charge on any atom is 0.0107 e. The molecule has 0 fully saturated rings. The van der Waals surface area contributed by atoms with E-state index in [1.54, 1.807) is 0 Å². The standard InChI is InChI=1S/C13H19NS/c1-11(10-13-8-5-9-15-13)14-12-6-3-2-4-7-12/h2-3,5,8-9,11-12,14H,4,6-7,10H2,1H3. The first-order valence-corrected chi connectivity index (χ1v) is 6.66. The van der Waals surface area contributed by atoms with E-state index in [-0.39, 0.29) is 0 Å². The molecular formula is C13H19NS. The van der Waals surface area contributed by atoms with Gasteiger partial charge < -0.3 is 5.32 Å². The van der Waals surface area contributed by atoms with Crippen LogP contribution in [0.25, 0.3) is 0 Å². The van der Waals surface area contributed by atoms with Gasteiger partial charge >= 0.3 is 0 Å². The van der Waals surface area contributed by atoms with Crippen LogP contribution in [0.4, 0.5) is 0 Å². The summed E-state index contributed by atoms with van der Waals surface area (Å²) in [4.78, 5) is 1.49. The summed E-state index contributed by atoms with van der Waals surface area (Å²) < 4.78 is 0. The highest BCUT2D eigenvalue weighted by Crippen LogP contribution is 2.14. The van der Waals surface area contributed by atoms with Crippen molar-refractivity contribution in [2.75, 3.05) is 0 Å². The van der Waals surface area contributed by atoms with Crippen molar-refractivity contribution in [1.29, 1.82) is 0 Å². The normalized spacial score (nSPS) is 22.9. The fourth-order valence-electron chi connectivity index (χ4n) is 2.14. The number of thiophene rings is 1. The third-order valence-electron chi connectivity index (χ3n) is 2.88. The summed E-state index contributed by atoms with van der Waals surface area (Å²) in [6.45, 7) is 2.29. The number of nitrogens with one attached hydrogen (secondary N) is 1. The fraction of sp³-hybridized carbons (Fsp3) is 0.538. The lowest BCUT2D eigenvalue weighted by atomic mass is 10.0. The van der Waals surface area contributed by atoms with Gasteiger partial charge in [-0.1, -0.05) is 18.2 Å². The van der Waals surface area contributed by atoms with Gasteiger partial charge in [-0.2, -0.15) is 0 Å². The number of hydrogen-bond donors (Lipinski definition) is 1. The minimum atomic E-state index is 0.597. The van der Waals surface area contributed by atoms with E-state index in [0.29, 0.717) is 12.1 Å². The largest absolute Gasteiger partial charge is 0.311 e. The van der Waals surface area contributed by atoms with Gasteiger partial charge in [-0.3, -0.25) is 0 Å². The Morgan fingerprint density at radius 1 is 1.53 bits per heavy atom. The second-order valence-corrected chi connectivity index (χ2v) is 5.36. The molecule has 1 aromatic heterocycles. The fourth-order valence-corrected chi connectivity index (χ4v) is 2.97. The quantitative estimate of drug-likeness (QED) is 0.769. The van der Waals surface area contributed by atoms with Crippen LogP contribution in [0, 0.1) is 0 Å². The van der Waals surface area contributed by atoms with Crippen LogP contribution in [-0.2, 0) is 6.42 Å². The van der Waals surface area contributed by atoms with Crippen molar-refractivity contribution in [3.05, 3.63) is 34.5 Å². The van der Waals surface area contributed by atoms with Crippen LogP contribution < -0.4 is 5.32 Å². The molecule has 0 amide bonds. The van der Waals surface area contributed by atoms with E-state index in [4.69, 9.17) is 0 Å². The maximum atomic E-state index is 3.71. The second-order valence-electron chi connectivity index (χ2n) is 4.33. The molecule has 2 rings (SSSR count). The summed E-state index contributed by atoms with van der Waals surface area (Å²) in [5, 5.41) is 5.87. The smallest absolute Gasteiger partial charge is 0.0107 e. The number of hydrogen-bond acceptors (Lipinski definition) is 2. The molecule has 1 aliphatic carbocycles. The van der Waals surface area contributed by atoms with Gasteiger partial charge in [-0.15, -0.1) is 11.3 Å². The zero-order chi connectivity index (χ0) is 10.5. The average Bonchev–Trinajstić information content (AvgIpc) is 2.71. The van der Waals surface area contributed by atoms with Crippen molar-refractivity contribution >= 4 is 11.3 Å². The molecule has 0 aromatic carbocycles. The van der Waals surface area contributed by atoms with Gasteiger partial charge in [-0.25, -0.2) is 0 Å². The molecule has 2 heteroatoms. The molecule has 0 spiro atoms. The summed E-state index contributed by atoms with van der Waals surface area (Å²) in [6, 6.07) is 5.66. The first-order valence-electron chi connectivity index (χ1n) is 5.78. The Bertz CT molecular complexity index is 302. The van der Waals surface area contributed by atoms with E-state index < -0.39 is 0 Å². The molecular weight excluding hydrogens is 202 g/mol. The van der Waals surface area contributed by atoms with Gasteiger partial charge in [0.2, 0.25) is 0 Å². The summed E-state index contributed by atoms with van der Waals surface area (Å²) in [7, 11) is 0. The Morgan fingerprint density at radius 2 is 2.47 bits per heavy atom. The molecule has 1 aromatic rings. The van der Waals surface area contributed by atoms with Crippen LogP contribution >= 0.6 is 11.3 Å². The van der Waals surface area contributed by atoms with Crippen LogP contribution in [0.3, 0.4) is 0 Å². The van der Waals surface area contributed by atoms with Crippen LogP contribution in [0.5, 0.6) is 0 Å². The van der Waals surface area contributed by atoms with Gasteiger partial charge in [0.25, 0.3) is 0 Å². The molecule has 82 valence electrons. The zero-order valence-corrected chi connectivity index (χ0v) is 10.1. The number of allylic oxidation sites excluding steroid dienone is 1. The van der Waals surface area contributed by atoms with Gasteiger partial charge in [0.1, 0.15) is 0 Å². The van der Waals surface area contributed by atoms with Crippen LogP contribution in [-0.4, -0.2) is 12.1 Å². The monoisotopic (exact) mass is 221 g/mol. The lowest BCUT2D eigenvalue weighted by Crippen LogP contribution is -2.38. The van der Waals surface area contributed by atoms with Crippen LogP contribution in [0.15, 0.2) is 29.7 Å². The Labute approximate surface area is 96.2 Å². The molecule has 0 saturated carbocycles. The molecule has 15 heavy (non-hydrogen) atoms. The molecule has 1 nitrogen and oxygen atoms in total. The van der Waals surface area contributed by atoms with Crippen LogP contribution in [0.2, 0.25) is 0 Å². The van der Waals surface area contributed by atoms with Gasteiger partial charge in [0.05, 0.1) is 0 Å². The highest BCUT2D eigenvalue weighted by Gasteiger charge is 2.12. The minimum absolute atomic E-state index is 0.597. The lowest BCUT2D eigenvalue weighted by molar-refractivity contribution is 0.418.